The van der Waals surface area contributed by atoms with Gasteiger partial charge in [0.15, 0.2) is 11.5 Å². The highest BCUT2D eigenvalue weighted by Gasteiger charge is 2.35. The van der Waals surface area contributed by atoms with Crippen molar-refractivity contribution in [3.63, 3.8) is 0 Å². The lowest BCUT2D eigenvalue weighted by Crippen LogP contribution is -2.31. The Morgan fingerprint density at radius 2 is 1.66 bits per heavy atom. The van der Waals surface area contributed by atoms with Crippen molar-refractivity contribution in [2.75, 3.05) is 17.2 Å². The van der Waals surface area contributed by atoms with E-state index in [4.69, 9.17) is 31.2 Å². The molecule has 0 fully saturated rings. The van der Waals surface area contributed by atoms with E-state index in [9.17, 15) is 4.79 Å². The van der Waals surface area contributed by atoms with Crippen LogP contribution in [0.3, 0.4) is 0 Å². The molecule has 2 heterocycles. The van der Waals surface area contributed by atoms with E-state index in [1.54, 1.807) is 4.68 Å². The number of rotatable bonds is 11. The maximum absolute atomic E-state index is 14.2. The SMILES string of the molecule is CCOc1cc(C2C(C(=O)Nc3ccc(C)cc3C)=C(C)Nc3nc(SCc4ccccc4Cl)nn32)ccc1OCc1cc(C)c(C)cc1C. The predicted octanol–water partition coefficient (Wildman–Crippen LogP) is 9.67. The molecular weight excluding hydrogens is 666 g/mol. The first-order valence-electron chi connectivity index (χ1n) is 16.7. The van der Waals surface area contributed by atoms with Gasteiger partial charge in [-0.3, -0.25) is 4.79 Å². The van der Waals surface area contributed by atoms with Gasteiger partial charge in [-0.2, -0.15) is 4.98 Å². The van der Waals surface area contributed by atoms with E-state index in [1.165, 1.54) is 28.5 Å². The average Bonchev–Trinajstić information content (AvgIpc) is 3.49. The lowest BCUT2D eigenvalue weighted by atomic mass is 9.94. The van der Waals surface area contributed by atoms with E-state index in [0.29, 0.717) is 57.9 Å². The fourth-order valence-electron chi connectivity index (χ4n) is 6.11. The van der Waals surface area contributed by atoms with E-state index in [1.807, 2.05) is 82.3 Å². The summed E-state index contributed by atoms with van der Waals surface area (Å²) in [6.45, 7) is 15.0. The fourth-order valence-corrected chi connectivity index (χ4v) is 7.22. The zero-order chi connectivity index (χ0) is 35.5. The molecular formula is C40H42ClN5O3S. The minimum atomic E-state index is -0.602. The maximum Gasteiger partial charge on any atom is 0.255 e. The quantitative estimate of drug-likeness (QED) is 0.132. The lowest BCUT2D eigenvalue weighted by Gasteiger charge is -2.29. The monoisotopic (exact) mass is 707 g/mol. The number of anilines is 2. The molecule has 8 nitrogen and oxygen atoms in total. The third-order valence-electron chi connectivity index (χ3n) is 8.94. The number of aromatic nitrogens is 3. The minimum absolute atomic E-state index is 0.234. The van der Waals surface area contributed by atoms with Gasteiger partial charge in [0.2, 0.25) is 11.1 Å². The molecule has 6 rings (SSSR count). The van der Waals surface area contributed by atoms with Crippen molar-refractivity contribution < 1.29 is 14.3 Å². The van der Waals surface area contributed by atoms with Crippen molar-refractivity contribution in [1.82, 2.24) is 14.8 Å². The molecule has 4 aromatic carbocycles. The number of allylic oxidation sites excluding steroid dienone is 1. The minimum Gasteiger partial charge on any atom is -0.490 e. The Balaban J connectivity index is 1.37. The predicted molar refractivity (Wildman–Crippen MR) is 203 cm³/mol. The Labute approximate surface area is 303 Å². The van der Waals surface area contributed by atoms with Gasteiger partial charge >= 0.3 is 0 Å². The van der Waals surface area contributed by atoms with Crippen LogP contribution in [-0.2, 0) is 17.2 Å². The third kappa shape index (κ3) is 7.54. The largest absolute Gasteiger partial charge is 0.490 e. The van der Waals surface area contributed by atoms with E-state index in [2.05, 4.69) is 49.6 Å². The van der Waals surface area contributed by atoms with Crippen LogP contribution in [0.25, 0.3) is 0 Å². The number of amides is 1. The number of fused-ring (bicyclic) bond motifs is 1. The highest BCUT2D eigenvalue weighted by molar-refractivity contribution is 7.98. The van der Waals surface area contributed by atoms with E-state index in [-0.39, 0.29) is 5.91 Å². The number of carbonyl (C=O) groups is 1. The van der Waals surface area contributed by atoms with Gasteiger partial charge in [0, 0.05) is 22.2 Å². The number of hydrogen-bond donors (Lipinski definition) is 2. The molecule has 1 atom stereocenters. The lowest BCUT2D eigenvalue weighted by molar-refractivity contribution is -0.113. The first-order chi connectivity index (χ1) is 24.0. The number of ether oxygens (including phenoxy) is 2. The molecule has 1 amide bonds. The number of carbonyl (C=O) groups excluding carboxylic acids is 1. The molecule has 258 valence electrons. The molecule has 1 aromatic heterocycles. The van der Waals surface area contributed by atoms with Crippen LogP contribution < -0.4 is 20.1 Å². The van der Waals surface area contributed by atoms with E-state index >= 15 is 0 Å². The molecule has 0 spiro atoms. The van der Waals surface area contributed by atoms with Crippen molar-refractivity contribution in [3.8, 4) is 11.5 Å². The van der Waals surface area contributed by atoms with Gasteiger partial charge in [0.1, 0.15) is 12.6 Å². The zero-order valence-corrected chi connectivity index (χ0v) is 31.1. The second kappa shape index (κ2) is 15.0. The number of hydrogen-bond acceptors (Lipinski definition) is 7. The van der Waals surface area contributed by atoms with Gasteiger partial charge in [0.05, 0.1) is 12.2 Å². The van der Waals surface area contributed by atoms with Gasteiger partial charge in [-0.25, -0.2) is 4.68 Å². The molecule has 1 unspecified atom stereocenters. The van der Waals surface area contributed by atoms with Crippen molar-refractivity contribution in [3.05, 3.63) is 134 Å². The normalized spacial score (nSPS) is 13.9. The molecule has 1 aliphatic rings. The molecule has 0 radical (unpaired) electrons. The number of thioether (sulfide) groups is 1. The van der Waals surface area contributed by atoms with Crippen LogP contribution >= 0.6 is 23.4 Å². The van der Waals surface area contributed by atoms with Crippen LogP contribution in [0.5, 0.6) is 11.5 Å². The summed E-state index contributed by atoms with van der Waals surface area (Å²) >= 11 is 7.93. The van der Waals surface area contributed by atoms with Crippen LogP contribution in [-0.4, -0.2) is 27.3 Å². The molecule has 2 N–H and O–H groups in total. The summed E-state index contributed by atoms with van der Waals surface area (Å²) in [5, 5.41) is 12.7. The topological polar surface area (TPSA) is 90.3 Å². The Kier molecular flexibility index (Phi) is 10.6. The second-order valence-electron chi connectivity index (χ2n) is 12.7. The van der Waals surface area contributed by atoms with Crippen LogP contribution in [0.2, 0.25) is 5.02 Å². The Bertz CT molecular complexity index is 2110. The Hall–Kier alpha value is -4.73. The van der Waals surface area contributed by atoms with Crippen LogP contribution in [0, 0.1) is 34.6 Å². The number of benzene rings is 4. The number of nitrogens with one attached hydrogen (secondary N) is 2. The summed E-state index contributed by atoms with van der Waals surface area (Å²) in [6, 6.07) is 23.3. The first-order valence-corrected chi connectivity index (χ1v) is 18.0. The smallest absolute Gasteiger partial charge is 0.255 e. The van der Waals surface area contributed by atoms with Crippen molar-refractivity contribution in [1.29, 1.82) is 0 Å². The molecule has 0 saturated heterocycles. The Morgan fingerprint density at radius 3 is 2.42 bits per heavy atom. The molecule has 0 aliphatic carbocycles. The Morgan fingerprint density at radius 1 is 0.880 bits per heavy atom. The summed E-state index contributed by atoms with van der Waals surface area (Å²) in [4.78, 5) is 19.1. The van der Waals surface area contributed by atoms with Crippen LogP contribution in [0.4, 0.5) is 11.6 Å². The van der Waals surface area contributed by atoms with E-state index in [0.717, 1.165) is 33.5 Å². The second-order valence-corrected chi connectivity index (χ2v) is 14.0. The highest BCUT2D eigenvalue weighted by atomic mass is 35.5. The number of halogens is 1. The molecule has 1 aliphatic heterocycles. The summed E-state index contributed by atoms with van der Waals surface area (Å²) in [5.41, 5.74) is 10.6. The first kappa shape index (κ1) is 35.1. The van der Waals surface area contributed by atoms with Crippen molar-refractivity contribution in [2.24, 2.45) is 0 Å². The number of nitrogens with zero attached hydrogens (tertiary/aromatic N) is 3. The summed E-state index contributed by atoms with van der Waals surface area (Å²) in [6.07, 6.45) is 0. The molecule has 50 heavy (non-hydrogen) atoms. The van der Waals surface area contributed by atoms with Gasteiger partial charge in [-0.05, 0) is 112 Å². The van der Waals surface area contributed by atoms with E-state index < -0.39 is 6.04 Å². The summed E-state index contributed by atoms with van der Waals surface area (Å²) < 4.78 is 14.3. The van der Waals surface area contributed by atoms with Crippen LogP contribution in [0.1, 0.15) is 64.4 Å². The van der Waals surface area contributed by atoms with Crippen molar-refractivity contribution in [2.45, 2.75) is 72.0 Å². The number of aryl methyl sites for hydroxylation is 5. The van der Waals surface area contributed by atoms with Crippen molar-refractivity contribution >= 4 is 40.9 Å². The zero-order valence-electron chi connectivity index (χ0n) is 29.5. The maximum atomic E-state index is 14.2. The summed E-state index contributed by atoms with van der Waals surface area (Å²) in [5.74, 6) is 2.12. The standard InChI is InChI=1S/C40H42ClN5O3S/c1-8-48-35-20-29(14-16-34(35)49-21-31-19-25(4)24(3)18-26(31)5)37-36(38(47)43-33-15-13-23(2)17-27(33)6)28(7)42-39-44-40(45-46(37)39)50-22-30-11-9-10-12-32(30)41/h9-20,37H,8,21-22H2,1-7H3,(H,43,47)(H,42,44,45). The van der Waals surface area contributed by atoms with Gasteiger partial charge in [-0.15, -0.1) is 5.10 Å². The third-order valence-corrected chi connectivity index (χ3v) is 10.2. The average molecular weight is 708 g/mol. The summed E-state index contributed by atoms with van der Waals surface area (Å²) in [7, 11) is 0. The molecule has 5 aromatic rings. The fraction of sp³-hybridized carbons (Fsp3) is 0.275. The molecule has 10 heteroatoms. The molecule has 0 bridgehead atoms. The van der Waals surface area contributed by atoms with Gasteiger partial charge < -0.3 is 20.1 Å². The highest BCUT2D eigenvalue weighted by Crippen LogP contribution is 2.41. The van der Waals surface area contributed by atoms with Crippen LogP contribution in [0.15, 0.2) is 89.2 Å². The molecule has 0 saturated carbocycles. The van der Waals surface area contributed by atoms with Gasteiger partial charge in [-0.1, -0.05) is 77.5 Å². The van der Waals surface area contributed by atoms with Gasteiger partial charge in [0.25, 0.3) is 5.91 Å².